The standard InChI is InChI=1S/C16H23BN5O15P2/c18-12-7-13(20-3-19-12)22(4-21-7)14-10(27)9(26)6(35-14)2-34-39(33,37-38(30,31)32)36-16(15(29)17-16)11(28)8(25)5(24)1-23/h3-6,8-11,14,23-28H,1-2H2,(H2,18,19,20)(H2,30,31,32)/t5-,6-,8-,9-,10-,11+,14-,16-,39?/m1/s1. The van der Waals surface area contributed by atoms with Crippen molar-refractivity contribution in [2.75, 3.05) is 18.9 Å². The number of aliphatic hydroxyl groups excluding tert-OH is 6. The van der Waals surface area contributed by atoms with Crippen LogP contribution in [0.3, 0.4) is 0 Å². The zero-order valence-corrected chi connectivity index (χ0v) is 21.2. The Morgan fingerprint density at radius 2 is 1.85 bits per heavy atom. The van der Waals surface area contributed by atoms with E-state index in [2.05, 4.69) is 19.3 Å². The largest absolute Gasteiger partial charge is 0.484 e. The minimum absolute atomic E-state index is 0.0125. The first-order chi connectivity index (χ1) is 18.1. The van der Waals surface area contributed by atoms with Gasteiger partial charge in [0.25, 0.3) is 7.28 Å². The van der Waals surface area contributed by atoms with E-state index in [1.54, 1.807) is 0 Å². The molecule has 2 aliphatic heterocycles. The Morgan fingerprint density at radius 3 is 2.44 bits per heavy atom. The van der Waals surface area contributed by atoms with Crippen molar-refractivity contribution in [3.8, 4) is 0 Å². The number of imidazole rings is 1. The lowest BCUT2D eigenvalue weighted by atomic mass is 9.89. The van der Waals surface area contributed by atoms with Gasteiger partial charge < -0.3 is 55.7 Å². The SMILES string of the molecule is Nc1ncnc2c1ncn2[C@@H]1O[C@H](COP(=O)(O[C@@]2([C@@H](O)[C@H](O)[C@H](O)CO)[B]C2=O)OP(=O)(O)O)[C@@H](O)[C@H]1O. The topological polar surface area (TPSA) is 320 Å². The van der Waals surface area contributed by atoms with Crippen molar-refractivity contribution < 1.29 is 72.4 Å². The van der Waals surface area contributed by atoms with Crippen LogP contribution in [0.1, 0.15) is 6.23 Å². The highest BCUT2D eigenvalue weighted by Gasteiger charge is 2.68. The van der Waals surface area contributed by atoms with Gasteiger partial charge in [-0.05, 0) is 0 Å². The third-order valence-corrected chi connectivity index (χ3v) is 8.50. The number of anilines is 1. The fraction of sp³-hybridized carbons (Fsp3) is 0.625. The zero-order valence-electron chi connectivity index (χ0n) is 19.4. The van der Waals surface area contributed by atoms with Gasteiger partial charge in [0.15, 0.2) is 17.7 Å². The fourth-order valence-electron chi connectivity index (χ4n) is 3.79. The zero-order chi connectivity index (χ0) is 28.9. The number of phosphoric acid groups is 2. The van der Waals surface area contributed by atoms with Gasteiger partial charge in [-0.25, -0.2) is 24.1 Å². The lowest BCUT2D eigenvalue weighted by molar-refractivity contribution is -0.136. The van der Waals surface area contributed by atoms with Crippen LogP contribution in [-0.2, 0) is 32.0 Å². The molecule has 0 saturated carbocycles. The number of hydrogen-bond acceptors (Lipinski definition) is 17. The van der Waals surface area contributed by atoms with Crippen molar-refractivity contribution in [2.24, 2.45) is 0 Å². The Bertz CT molecular complexity index is 1330. The molecule has 0 spiro atoms. The summed E-state index contributed by atoms with van der Waals surface area (Å²) in [6.07, 6.45) is -10.7. The van der Waals surface area contributed by atoms with Gasteiger partial charge in [0.05, 0.1) is 19.5 Å². The number of fused-ring (bicyclic) bond motifs is 1. The van der Waals surface area contributed by atoms with Crippen LogP contribution in [0.15, 0.2) is 12.7 Å². The van der Waals surface area contributed by atoms with Gasteiger partial charge in [-0.1, -0.05) is 0 Å². The summed E-state index contributed by atoms with van der Waals surface area (Å²) in [7, 11) is -10.7. The third-order valence-electron chi connectivity index (χ3n) is 5.86. The Balaban J connectivity index is 1.53. The molecule has 4 rings (SSSR count). The number of nitrogens with two attached hydrogens (primary N) is 1. The highest BCUT2D eigenvalue weighted by atomic mass is 31.3. The summed E-state index contributed by atoms with van der Waals surface area (Å²) in [5, 5.41) is 59.7. The summed E-state index contributed by atoms with van der Waals surface area (Å²) in [6, 6.07) is 0. The van der Waals surface area contributed by atoms with Crippen molar-refractivity contribution in [1.29, 1.82) is 0 Å². The van der Waals surface area contributed by atoms with Crippen LogP contribution in [-0.4, -0.2) is 128 Å². The quantitative estimate of drug-likeness (QED) is 0.0818. The molecule has 1 radical (unpaired) electrons. The lowest BCUT2D eigenvalue weighted by Gasteiger charge is -2.31. The third kappa shape index (κ3) is 5.92. The molecule has 2 saturated heterocycles. The van der Waals surface area contributed by atoms with Crippen LogP contribution in [0.4, 0.5) is 5.82 Å². The predicted molar refractivity (Wildman–Crippen MR) is 122 cm³/mol. The minimum atomic E-state index is -5.68. The fourth-order valence-corrected chi connectivity index (χ4v) is 6.15. The van der Waals surface area contributed by atoms with E-state index in [1.807, 2.05) is 0 Å². The molecule has 215 valence electrons. The highest BCUT2D eigenvalue weighted by Crippen LogP contribution is 2.64. The number of aliphatic hydroxyl groups is 6. The van der Waals surface area contributed by atoms with Crippen LogP contribution < -0.4 is 5.73 Å². The van der Waals surface area contributed by atoms with E-state index < -0.39 is 82.9 Å². The molecule has 10 N–H and O–H groups in total. The molecular weight excluding hydrogens is 575 g/mol. The van der Waals surface area contributed by atoms with E-state index in [1.165, 1.54) is 10.9 Å². The summed E-state index contributed by atoms with van der Waals surface area (Å²) in [5.74, 6) is 0.0125. The molecule has 0 aromatic carbocycles. The van der Waals surface area contributed by atoms with Gasteiger partial charge in [-0.15, -0.1) is 0 Å². The monoisotopic (exact) mass is 598 g/mol. The van der Waals surface area contributed by atoms with Crippen LogP contribution in [0.25, 0.3) is 11.2 Å². The van der Waals surface area contributed by atoms with Gasteiger partial charge in [0, 0.05) is 0 Å². The summed E-state index contributed by atoms with van der Waals surface area (Å²) in [4.78, 5) is 42.2. The smallest absolute Gasteiger partial charge is 0.394 e. The van der Waals surface area contributed by atoms with E-state index >= 15 is 0 Å². The second-order valence-electron chi connectivity index (χ2n) is 8.52. The number of aromatic nitrogens is 4. The molecule has 1 unspecified atom stereocenters. The van der Waals surface area contributed by atoms with Crippen molar-refractivity contribution in [1.82, 2.24) is 19.5 Å². The second-order valence-corrected chi connectivity index (χ2v) is 11.5. The van der Waals surface area contributed by atoms with E-state index in [0.717, 1.165) is 6.33 Å². The maximum atomic E-state index is 13.2. The maximum Gasteiger partial charge on any atom is 0.484 e. The summed E-state index contributed by atoms with van der Waals surface area (Å²) in [6.45, 7) is -2.10. The van der Waals surface area contributed by atoms with Crippen LogP contribution in [0, 0.1) is 0 Å². The Kier molecular flexibility index (Phi) is 8.32. The molecule has 2 aromatic rings. The number of nitrogen functional groups attached to an aromatic ring is 1. The van der Waals surface area contributed by atoms with E-state index in [0.29, 0.717) is 7.28 Å². The number of phosphoric ester groups is 1. The molecule has 20 nitrogen and oxygen atoms in total. The van der Waals surface area contributed by atoms with Crippen LogP contribution in [0.2, 0.25) is 0 Å². The molecule has 9 atom stereocenters. The molecule has 39 heavy (non-hydrogen) atoms. The van der Waals surface area contributed by atoms with Crippen LogP contribution in [0.5, 0.6) is 0 Å². The first kappa shape index (κ1) is 30.0. The van der Waals surface area contributed by atoms with Crippen molar-refractivity contribution in [2.45, 2.75) is 48.4 Å². The number of ether oxygens (including phenoxy) is 1. The second kappa shape index (κ2) is 10.8. The first-order valence-corrected chi connectivity index (χ1v) is 13.8. The number of carbonyl (C=O) groups is 1. The molecule has 2 aromatic heterocycles. The maximum absolute atomic E-state index is 13.2. The number of nitrogens with zero attached hydrogens (tertiary/aromatic N) is 4. The lowest BCUT2D eigenvalue weighted by Crippen LogP contribution is -2.49. The Labute approximate surface area is 218 Å². The number of carbonyl (C=O) groups excluding carboxylic acids is 1. The van der Waals surface area contributed by atoms with E-state index in [-0.39, 0.29) is 17.0 Å². The molecule has 2 aliphatic rings. The Morgan fingerprint density at radius 1 is 1.18 bits per heavy atom. The average molecular weight is 598 g/mol. The predicted octanol–water partition coefficient (Wildman–Crippen LogP) is -4.71. The summed E-state index contributed by atoms with van der Waals surface area (Å²) in [5.41, 5.74) is 2.13. The van der Waals surface area contributed by atoms with Gasteiger partial charge in [0.2, 0.25) is 0 Å². The van der Waals surface area contributed by atoms with Crippen molar-refractivity contribution in [3.63, 3.8) is 0 Å². The van der Waals surface area contributed by atoms with E-state index in [9.17, 15) is 49.2 Å². The minimum Gasteiger partial charge on any atom is -0.394 e. The Hall–Kier alpha value is -1.94. The molecule has 23 heteroatoms. The number of rotatable bonds is 12. The van der Waals surface area contributed by atoms with Crippen molar-refractivity contribution in [3.05, 3.63) is 12.7 Å². The van der Waals surface area contributed by atoms with Gasteiger partial charge >= 0.3 is 15.6 Å². The average Bonchev–Trinajstić information content (AvgIpc) is 3.17. The van der Waals surface area contributed by atoms with Gasteiger partial charge in [-0.3, -0.25) is 13.6 Å². The molecule has 0 aliphatic carbocycles. The summed E-state index contributed by atoms with van der Waals surface area (Å²) < 4.78 is 45.3. The molecule has 4 heterocycles. The first-order valence-electron chi connectivity index (χ1n) is 10.8. The van der Waals surface area contributed by atoms with Gasteiger partial charge in [0.1, 0.15) is 59.7 Å². The molecule has 2 fully saturated rings. The van der Waals surface area contributed by atoms with Crippen molar-refractivity contribution >= 4 is 45.6 Å². The normalized spacial score (nSPS) is 31.0. The van der Waals surface area contributed by atoms with Crippen LogP contribution >= 0.6 is 15.6 Å². The van der Waals surface area contributed by atoms with Gasteiger partial charge in [-0.2, -0.15) is 4.31 Å². The number of hydrogen-bond donors (Lipinski definition) is 9. The van der Waals surface area contributed by atoms with E-state index in [4.69, 9.17) is 24.6 Å². The summed E-state index contributed by atoms with van der Waals surface area (Å²) >= 11 is 0. The highest BCUT2D eigenvalue weighted by molar-refractivity contribution is 7.61. The molecule has 0 bridgehead atoms. The molecular formula is C16H23BN5O15P2. The molecule has 0 amide bonds.